The van der Waals surface area contributed by atoms with Crippen LogP contribution >= 0.6 is 0 Å². The van der Waals surface area contributed by atoms with E-state index in [-0.39, 0.29) is 17.1 Å². The minimum atomic E-state index is -1.02. The highest BCUT2D eigenvalue weighted by Crippen LogP contribution is 2.26. The fraction of sp³-hybridized carbons (Fsp3) is 0.125. The normalized spacial score (nSPS) is 11.7. The Labute approximate surface area is 147 Å². The maximum Gasteiger partial charge on any atom is 0.310 e. The summed E-state index contributed by atoms with van der Waals surface area (Å²) in [4.78, 5) is 32.3. The number of non-ortho nitro benzene ring substituents is 1. The van der Waals surface area contributed by atoms with Crippen molar-refractivity contribution in [2.75, 3.05) is 0 Å². The summed E-state index contributed by atoms with van der Waals surface area (Å²) in [7, 11) is 0. The molecule has 0 aromatic heterocycles. The molecule has 10 heteroatoms. The van der Waals surface area contributed by atoms with Crippen molar-refractivity contribution in [2.45, 2.75) is 13.0 Å². The molecule has 26 heavy (non-hydrogen) atoms. The fourth-order valence-electron chi connectivity index (χ4n) is 1.90. The maximum atomic E-state index is 12.0. The fourth-order valence-corrected chi connectivity index (χ4v) is 1.90. The van der Waals surface area contributed by atoms with Gasteiger partial charge in [0.2, 0.25) is 0 Å². The van der Waals surface area contributed by atoms with Gasteiger partial charge in [0.05, 0.1) is 16.1 Å². The number of nitrogens with zero attached hydrogens (tertiary/aromatic N) is 3. The van der Waals surface area contributed by atoms with Crippen LogP contribution in [0, 0.1) is 20.2 Å². The van der Waals surface area contributed by atoms with Crippen molar-refractivity contribution in [3.05, 3.63) is 74.3 Å². The van der Waals surface area contributed by atoms with Gasteiger partial charge in [-0.2, -0.15) is 5.10 Å². The molecule has 0 fully saturated rings. The van der Waals surface area contributed by atoms with Crippen LogP contribution in [0.15, 0.2) is 53.6 Å². The van der Waals surface area contributed by atoms with E-state index in [2.05, 4.69) is 10.5 Å². The quantitative estimate of drug-likeness (QED) is 0.458. The minimum Gasteiger partial charge on any atom is -0.474 e. The van der Waals surface area contributed by atoms with Crippen LogP contribution in [0.25, 0.3) is 0 Å². The summed E-state index contributed by atoms with van der Waals surface area (Å²) in [5.41, 5.74) is 2.48. The number of benzene rings is 2. The van der Waals surface area contributed by atoms with Gasteiger partial charge in [-0.05, 0) is 30.7 Å². The van der Waals surface area contributed by atoms with E-state index in [9.17, 15) is 25.0 Å². The number of hydrogen-bond acceptors (Lipinski definition) is 7. The van der Waals surface area contributed by atoms with Gasteiger partial charge in [-0.15, -0.1) is 0 Å². The molecule has 0 radical (unpaired) electrons. The first-order valence-corrected chi connectivity index (χ1v) is 7.36. The van der Waals surface area contributed by atoms with Crippen molar-refractivity contribution in [3.63, 3.8) is 0 Å². The summed E-state index contributed by atoms with van der Waals surface area (Å²) < 4.78 is 5.31. The predicted molar refractivity (Wildman–Crippen MR) is 92.0 cm³/mol. The Morgan fingerprint density at radius 3 is 2.38 bits per heavy atom. The average Bonchev–Trinajstić information content (AvgIpc) is 2.62. The van der Waals surface area contributed by atoms with Crippen LogP contribution in [0.2, 0.25) is 0 Å². The van der Waals surface area contributed by atoms with Crippen LogP contribution in [0.5, 0.6) is 5.75 Å². The van der Waals surface area contributed by atoms with E-state index < -0.39 is 21.9 Å². The molecule has 2 aromatic carbocycles. The predicted octanol–water partition coefficient (Wildman–Crippen LogP) is 2.42. The third-order valence-corrected chi connectivity index (χ3v) is 3.23. The number of nitro benzene ring substituents is 2. The van der Waals surface area contributed by atoms with E-state index in [0.717, 1.165) is 0 Å². The standard InChI is InChI=1S/C16H14N4O6/c1-11(26-15-5-3-2-4-14(15)20(24)25)16(21)18-17-10-12-6-8-13(9-7-12)19(22)23/h2-11H,1H3,(H,18,21)/b17-10+. The lowest BCUT2D eigenvalue weighted by Crippen LogP contribution is -2.33. The average molecular weight is 358 g/mol. The van der Waals surface area contributed by atoms with E-state index in [1.807, 2.05) is 0 Å². The smallest absolute Gasteiger partial charge is 0.310 e. The molecule has 0 heterocycles. The molecule has 0 spiro atoms. The largest absolute Gasteiger partial charge is 0.474 e. The van der Waals surface area contributed by atoms with Gasteiger partial charge in [-0.1, -0.05) is 12.1 Å². The Balaban J connectivity index is 1.95. The second-order valence-corrected chi connectivity index (χ2v) is 5.07. The van der Waals surface area contributed by atoms with Gasteiger partial charge in [-0.3, -0.25) is 25.0 Å². The molecule has 1 unspecified atom stereocenters. The molecule has 0 saturated heterocycles. The zero-order valence-electron chi connectivity index (χ0n) is 13.6. The van der Waals surface area contributed by atoms with E-state index in [4.69, 9.17) is 4.74 Å². The Morgan fingerprint density at radius 2 is 1.77 bits per heavy atom. The van der Waals surface area contributed by atoms with Gasteiger partial charge in [0, 0.05) is 18.2 Å². The summed E-state index contributed by atoms with van der Waals surface area (Å²) in [6, 6.07) is 11.3. The molecule has 134 valence electrons. The zero-order valence-corrected chi connectivity index (χ0v) is 13.6. The number of amides is 1. The SMILES string of the molecule is CC(Oc1ccccc1[N+](=O)[O-])C(=O)N/N=C/c1ccc([N+](=O)[O-])cc1. The first kappa shape index (κ1) is 18.5. The maximum absolute atomic E-state index is 12.0. The van der Waals surface area contributed by atoms with E-state index in [1.54, 1.807) is 6.07 Å². The molecule has 0 saturated carbocycles. The van der Waals surface area contributed by atoms with Crippen molar-refractivity contribution in [3.8, 4) is 5.75 Å². The minimum absolute atomic E-state index is 0.0282. The van der Waals surface area contributed by atoms with Crippen LogP contribution in [0.1, 0.15) is 12.5 Å². The van der Waals surface area contributed by atoms with Gasteiger partial charge >= 0.3 is 5.69 Å². The number of nitrogens with one attached hydrogen (secondary N) is 1. The lowest BCUT2D eigenvalue weighted by molar-refractivity contribution is -0.386. The number of hydrazone groups is 1. The van der Waals surface area contributed by atoms with Crippen LogP contribution in [-0.2, 0) is 4.79 Å². The lowest BCUT2D eigenvalue weighted by Gasteiger charge is -2.12. The molecule has 1 atom stereocenters. The number of carbonyl (C=O) groups is 1. The highest BCUT2D eigenvalue weighted by molar-refractivity contribution is 5.84. The summed E-state index contributed by atoms with van der Waals surface area (Å²) in [5.74, 6) is -0.638. The zero-order chi connectivity index (χ0) is 19.1. The second kappa shape index (κ2) is 8.33. The van der Waals surface area contributed by atoms with Gasteiger partial charge < -0.3 is 4.74 Å². The Hall–Kier alpha value is -3.82. The van der Waals surface area contributed by atoms with Crippen LogP contribution < -0.4 is 10.2 Å². The molecule has 10 nitrogen and oxygen atoms in total. The highest BCUT2D eigenvalue weighted by atomic mass is 16.6. The molecule has 0 aliphatic carbocycles. The van der Waals surface area contributed by atoms with Gasteiger partial charge in [0.15, 0.2) is 11.9 Å². The van der Waals surface area contributed by atoms with Crippen LogP contribution in [0.3, 0.4) is 0 Å². The number of nitro groups is 2. The highest BCUT2D eigenvalue weighted by Gasteiger charge is 2.20. The topological polar surface area (TPSA) is 137 Å². The summed E-state index contributed by atoms with van der Waals surface area (Å²) >= 11 is 0. The van der Waals surface area contributed by atoms with Gasteiger partial charge in [0.25, 0.3) is 11.6 Å². The first-order chi connectivity index (χ1) is 12.4. The molecule has 0 bridgehead atoms. The Kier molecular flexibility index (Phi) is 5.93. The molecule has 0 aliphatic heterocycles. The molecular weight excluding hydrogens is 344 g/mol. The summed E-state index contributed by atoms with van der Waals surface area (Å²) in [6.07, 6.45) is 0.282. The van der Waals surface area contributed by atoms with Crippen molar-refractivity contribution in [1.29, 1.82) is 0 Å². The van der Waals surface area contributed by atoms with Crippen molar-refractivity contribution >= 4 is 23.5 Å². The Bertz CT molecular complexity index is 850. The third-order valence-electron chi connectivity index (χ3n) is 3.23. The second-order valence-electron chi connectivity index (χ2n) is 5.07. The molecule has 0 aliphatic rings. The summed E-state index contributed by atoms with van der Waals surface area (Å²) in [5, 5.41) is 25.2. The molecule has 1 N–H and O–H groups in total. The monoisotopic (exact) mass is 358 g/mol. The number of para-hydroxylation sites is 2. The lowest BCUT2D eigenvalue weighted by atomic mass is 10.2. The van der Waals surface area contributed by atoms with Crippen molar-refractivity contribution in [1.82, 2.24) is 5.43 Å². The van der Waals surface area contributed by atoms with Gasteiger partial charge in [0.1, 0.15) is 0 Å². The number of hydrogen-bond donors (Lipinski definition) is 1. The Morgan fingerprint density at radius 1 is 1.12 bits per heavy atom. The molecular formula is C16H14N4O6. The van der Waals surface area contributed by atoms with Crippen molar-refractivity contribution < 1.29 is 19.4 Å². The number of rotatable bonds is 7. The molecule has 1 amide bonds. The summed E-state index contributed by atoms with van der Waals surface area (Å²) in [6.45, 7) is 1.42. The van der Waals surface area contributed by atoms with Crippen molar-refractivity contribution in [2.24, 2.45) is 5.10 Å². The first-order valence-electron chi connectivity index (χ1n) is 7.36. The number of ether oxygens (including phenoxy) is 1. The van der Waals surface area contributed by atoms with E-state index in [0.29, 0.717) is 5.56 Å². The molecule has 2 rings (SSSR count). The van der Waals surface area contributed by atoms with E-state index >= 15 is 0 Å². The molecule has 2 aromatic rings. The van der Waals surface area contributed by atoms with Crippen LogP contribution in [0.4, 0.5) is 11.4 Å². The van der Waals surface area contributed by atoms with Gasteiger partial charge in [-0.25, -0.2) is 5.43 Å². The third kappa shape index (κ3) is 4.84. The van der Waals surface area contributed by atoms with Crippen LogP contribution in [-0.4, -0.2) is 28.1 Å². The van der Waals surface area contributed by atoms with E-state index in [1.165, 1.54) is 55.6 Å². The number of carbonyl (C=O) groups excluding carboxylic acids is 1.